The fourth-order valence-electron chi connectivity index (χ4n) is 3.07. The lowest BCUT2D eigenvalue weighted by atomic mass is 9.74. The third kappa shape index (κ3) is 2.44. The molecular weight excluding hydrogens is 262 g/mol. The molecule has 1 aliphatic carbocycles. The molecule has 0 spiro atoms. The fraction of sp³-hybridized carbons (Fsp3) is 0.333. The van der Waals surface area contributed by atoms with Gasteiger partial charge in [0.15, 0.2) is 11.6 Å². The second kappa shape index (κ2) is 4.69. The number of Topliss-reactive ketones (excluding diaryl/α,β-unsaturated/α-hetero) is 2. The maximum atomic E-state index is 12.3. The minimum Gasteiger partial charge on any atom is -0.358 e. The summed E-state index contributed by atoms with van der Waals surface area (Å²) in [5.41, 5.74) is 3.08. The van der Waals surface area contributed by atoms with Crippen LogP contribution in [0.4, 0.5) is 0 Å². The topological polar surface area (TPSA) is 49.9 Å². The van der Waals surface area contributed by atoms with Crippen molar-refractivity contribution in [1.29, 1.82) is 0 Å². The first-order valence-corrected chi connectivity index (χ1v) is 7.23. The molecule has 0 radical (unpaired) electrons. The van der Waals surface area contributed by atoms with Crippen LogP contribution in [0.2, 0.25) is 0 Å². The van der Waals surface area contributed by atoms with Crippen molar-refractivity contribution in [3.05, 3.63) is 41.1 Å². The van der Waals surface area contributed by atoms with Gasteiger partial charge < -0.3 is 4.98 Å². The molecule has 2 aromatic rings. The Labute approximate surface area is 124 Å². The van der Waals surface area contributed by atoms with E-state index in [0.29, 0.717) is 18.4 Å². The van der Waals surface area contributed by atoms with Crippen LogP contribution < -0.4 is 0 Å². The van der Waals surface area contributed by atoms with Gasteiger partial charge in [0.05, 0.1) is 5.57 Å². The Morgan fingerprint density at radius 2 is 1.71 bits per heavy atom. The number of nitrogens with one attached hydrogen (secondary N) is 1. The number of hydrogen-bond acceptors (Lipinski definition) is 2. The van der Waals surface area contributed by atoms with Crippen molar-refractivity contribution in [1.82, 2.24) is 4.98 Å². The summed E-state index contributed by atoms with van der Waals surface area (Å²) >= 11 is 0. The number of ketones is 2. The molecule has 21 heavy (non-hydrogen) atoms. The van der Waals surface area contributed by atoms with E-state index in [9.17, 15) is 9.59 Å². The molecule has 0 atom stereocenters. The third-order valence-corrected chi connectivity index (χ3v) is 4.11. The number of aromatic amines is 1. The van der Waals surface area contributed by atoms with Crippen LogP contribution in [0.1, 0.15) is 37.9 Å². The van der Waals surface area contributed by atoms with E-state index < -0.39 is 0 Å². The molecule has 1 fully saturated rings. The largest absolute Gasteiger partial charge is 0.358 e. The minimum absolute atomic E-state index is 0.0408. The van der Waals surface area contributed by atoms with Crippen molar-refractivity contribution < 1.29 is 9.59 Å². The zero-order chi connectivity index (χ0) is 15.2. The first kappa shape index (κ1) is 13.8. The summed E-state index contributed by atoms with van der Waals surface area (Å²) in [6.45, 7) is 5.90. The Bertz CT molecular complexity index is 756. The van der Waals surface area contributed by atoms with Crippen molar-refractivity contribution in [3.8, 4) is 0 Å². The number of fused-ring (bicyclic) bond motifs is 1. The van der Waals surface area contributed by atoms with Gasteiger partial charge in [-0.1, -0.05) is 32.0 Å². The molecule has 108 valence electrons. The fourth-order valence-corrected chi connectivity index (χ4v) is 3.07. The summed E-state index contributed by atoms with van der Waals surface area (Å²) in [4.78, 5) is 27.9. The van der Waals surface area contributed by atoms with Crippen LogP contribution in [0.15, 0.2) is 29.8 Å². The molecule has 3 heteroatoms. The Morgan fingerprint density at radius 3 is 2.38 bits per heavy atom. The number of rotatable bonds is 1. The highest BCUT2D eigenvalue weighted by Crippen LogP contribution is 2.35. The van der Waals surface area contributed by atoms with Crippen LogP contribution in [0.25, 0.3) is 17.0 Å². The first-order valence-electron chi connectivity index (χ1n) is 7.23. The summed E-state index contributed by atoms with van der Waals surface area (Å²) in [5.74, 6) is -0.0816. The van der Waals surface area contributed by atoms with Crippen LogP contribution in [-0.2, 0) is 9.59 Å². The van der Waals surface area contributed by atoms with Gasteiger partial charge in [0.25, 0.3) is 0 Å². The number of allylic oxidation sites excluding steroid dienone is 1. The van der Waals surface area contributed by atoms with E-state index in [2.05, 4.69) is 4.98 Å². The highest BCUT2D eigenvalue weighted by Gasteiger charge is 2.35. The summed E-state index contributed by atoms with van der Waals surface area (Å²) in [5, 5.41) is 1.05. The predicted octanol–water partition coefficient (Wildman–Crippen LogP) is 3.82. The number of hydrogen-bond donors (Lipinski definition) is 1. The van der Waals surface area contributed by atoms with Crippen molar-refractivity contribution in [2.24, 2.45) is 5.41 Å². The van der Waals surface area contributed by atoms with Gasteiger partial charge in [-0.2, -0.15) is 0 Å². The summed E-state index contributed by atoms with van der Waals surface area (Å²) in [6.07, 6.45) is 2.64. The molecule has 3 nitrogen and oxygen atoms in total. The highest BCUT2D eigenvalue weighted by molar-refractivity contribution is 6.25. The lowest BCUT2D eigenvalue weighted by Crippen LogP contribution is -2.31. The Balaban J connectivity index is 2.10. The van der Waals surface area contributed by atoms with Crippen molar-refractivity contribution in [2.45, 2.75) is 33.6 Å². The van der Waals surface area contributed by atoms with Crippen molar-refractivity contribution in [3.63, 3.8) is 0 Å². The number of H-pyrrole nitrogens is 1. The number of aryl methyl sites for hydroxylation is 1. The van der Waals surface area contributed by atoms with Gasteiger partial charge in [0.1, 0.15) is 0 Å². The quantitative estimate of drug-likeness (QED) is 0.638. The van der Waals surface area contributed by atoms with Gasteiger partial charge >= 0.3 is 0 Å². The number of aromatic nitrogens is 1. The lowest BCUT2D eigenvalue weighted by Gasteiger charge is -2.28. The molecule has 0 bridgehead atoms. The van der Waals surface area contributed by atoms with Gasteiger partial charge in [-0.25, -0.2) is 0 Å². The van der Waals surface area contributed by atoms with E-state index in [1.165, 1.54) is 0 Å². The smallest absolute Gasteiger partial charge is 0.167 e. The highest BCUT2D eigenvalue weighted by atomic mass is 16.1. The van der Waals surface area contributed by atoms with E-state index in [1.807, 2.05) is 45.0 Å². The second-order valence-corrected chi connectivity index (χ2v) is 6.63. The Kier molecular flexibility index (Phi) is 3.08. The maximum absolute atomic E-state index is 12.3. The number of carbonyl (C=O) groups is 2. The zero-order valence-electron chi connectivity index (χ0n) is 12.6. The normalized spacial score (nSPS) is 18.3. The van der Waals surface area contributed by atoms with Crippen LogP contribution in [0.5, 0.6) is 0 Å². The van der Waals surface area contributed by atoms with Crippen molar-refractivity contribution in [2.75, 3.05) is 0 Å². The molecule has 0 amide bonds. The van der Waals surface area contributed by atoms with Crippen LogP contribution in [0.3, 0.4) is 0 Å². The predicted molar refractivity (Wildman–Crippen MR) is 84.0 cm³/mol. The van der Waals surface area contributed by atoms with E-state index in [-0.39, 0.29) is 17.0 Å². The standard InChI is InChI=1S/C18H19NO2/c1-11-13(12-6-4-5-7-15(12)19-11)8-14-16(20)9-18(2,3)10-17(14)21/h4-8,19H,9-10H2,1-3H3. The molecule has 0 aliphatic heterocycles. The minimum atomic E-state index is -0.221. The Hall–Kier alpha value is -2.16. The summed E-state index contributed by atoms with van der Waals surface area (Å²) in [7, 11) is 0. The first-order chi connectivity index (χ1) is 9.87. The molecule has 1 N–H and O–H groups in total. The molecule has 0 saturated heterocycles. The molecule has 1 aromatic carbocycles. The monoisotopic (exact) mass is 281 g/mol. The number of para-hydroxylation sites is 1. The Morgan fingerprint density at radius 1 is 1.10 bits per heavy atom. The van der Waals surface area contributed by atoms with E-state index >= 15 is 0 Å². The molecule has 1 aromatic heterocycles. The van der Waals surface area contributed by atoms with Crippen LogP contribution in [0, 0.1) is 12.3 Å². The molecule has 1 heterocycles. The molecular formula is C18H19NO2. The molecule has 3 rings (SSSR count). The van der Waals surface area contributed by atoms with Gasteiger partial charge in [-0.3, -0.25) is 9.59 Å². The van der Waals surface area contributed by atoms with Gasteiger partial charge in [0, 0.05) is 35.0 Å². The number of benzene rings is 1. The molecule has 1 aliphatic rings. The molecule has 1 saturated carbocycles. The van der Waals surface area contributed by atoms with E-state index in [4.69, 9.17) is 0 Å². The van der Waals surface area contributed by atoms with Crippen LogP contribution >= 0.6 is 0 Å². The average molecular weight is 281 g/mol. The zero-order valence-corrected chi connectivity index (χ0v) is 12.6. The SMILES string of the molecule is Cc1[nH]c2ccccc2c1C=C1C(=O)CC(C)(C)CC1=O. The lowest BCUT2D eigenvalue weighted by molar-refractivity contribution is -0.127. The second-order valence-electron chi connectivity index (χ2n) is 6.63. The summed E-state index contributed by atoms with van der Waals surface area (Å²) < 4.78 is 0. The average Bonchev–Trinajstić information content (AvgIpc) is 2.68. The van der Waals surface area contributed by atoms with Gasteiger partial charge in [-0.15, -0.1) is 0 Å². The van der Waals surface area contributed by atoms with Crippen LogP contribution in [-0.4, -0.2) is 16.6 Å². The van der Waals surface area contributed by atoms with Gasteiger partial charge in [0.2, 0.25) is 0 Å². The van der Waals surface area contributed by atoms with E-state index in [0.717, 1.165) is 22.2 Å². The maximum Gasteiger partial charge on any atom is 0.167 e. The van der Waals surface area contributed by atoms with Gasteiger partial charge in [-0.05, 0) is 24.5 Å². The van der Waals surface area contributed by atoms with E-state index in [1.54, 1.807) is 6.08 Å². The van der Waals surface area contributed by atoms with Crippen molar-refractivity contribution >= 4 is 28.5 Å². The summed E-state index contributed by atoms with van der Waals surface area (Å²) in [6, 6.07) is 7.94. The third-order valence-electron chi connectivity index (χ3n) is 4.11. The molecule has 0 unspecified atom stereocenters. The number of carbonyl (C=O) groups excluding carboxylic acids is 2.